The number of benzene rings is 3. The Morgan fingerprint density at radius 2 is 1.64 bits per heavy atom. The van der Waals surface area contributed by atoms with Crippen LogP contribution < -0.4 is 10.6 Å². The number of para-hydroxylation sites is 1. The minimum absolute atomic E-state index is 0.0152. The molecule has 4 amide bonds. The molecule has 3 N–H and O–H groups in total. The van der Waals surface area contributed by atoms with Crippen molar-refractivity contribution >= 4 is 46.0 Å². The van der Waals surface area contributed by atoms with Gasteiger partial charge in [0.25, 0.3) is 0 Å². The molecule has 74 heavy (non-hydrogen) atoms. The number of aliphatic hydroxyl groups excluding tert-OH is 1. The maximum Gasteiger partial charge on any atom is 0.246 e. The van der Waals surface area contributed by atoms with E-state index in [2.05, 4.69) is 25.7 Å². The van der Waals surface area contributed by atoms with Crippen LogP contribution in [0.25, 0.3) is 43.9 Å². The first-order valence-corrected chi connectivity index (χ1v) is 26.4. The van der Waals surface area contributed by atoms with Gasteiger partial charge in [0.05, 0.1) is 70.6 Å². The number of carbonyl (C=O) groups is 4. The van der Waals surface area contributed by atoms with Crippen molar-refractivity contribution in [3.8, 4) is 32.8 Å². The lowest BCUT2D eigenvalue weighted by Gasteiger charge is -2.35. The zero-order valence-electron chi connectivity index (χ0n) is 42.4. The van der Waals surface area contributed by atoms with Gasteiger partial charge in [-0.15, -0.1) is 11.3 Å². The Morgan fingerprint density at radius 1 is 0.905 bits per heavy atom. The summed E-state index contributed by atoms with van der Waals surface area (Å²) in [7, 11) is 0. The van der Waals surface area contributed by atoms with Crippen molar-refractivity contribution in [3.05, 3.63) is 107 Å². The topological polar surface area (TPSA) is 188 Å². The number of amides is 4. The molecule has 3 aromatic carbocycles. The van der Waals surface area contributed by atoms with Crippen LogP contribution in [0.1, 0.15) is 88.6 Å². The third-order valence-corrected chi connectivity index (χ3v) is 15.3. The van der Waals surface area contributed by atoms with E-state index in [0.29, 0.717) is 92.9 Å². The molecule has 0 aliphatic carbocycles. The average molecular weight is 1030 g/mol. The fourth-order valence-corrected chi connectivity index (χ4v) is 10.9. The predicted octanol–water partition coefficient (Wildman–Crippen LogP) is 7.24. The average Bonchev–Trinajstić information content (AvgIpc) is 4.17. The largest absolute Gasteiger partial charge is 0.391 e. The molecule has 6 aromatic rings. The molecule has 0 spiro atoms. The lowest BCUT2D eigenvalue weighted by molar-refractivity contribution is -0.144. The Hall–Kier alpha value is -6.54. The second kappa shape index (κ2) is 22.9. The van der Waals surface area contributed by atoms with Gasteiger partial charge in [0, 0.05) is 88.0 Å². The number of hydrogen-bond acceptors (Lipinski definition) is 12. The number of hydrogen-bond donors (Lipinski definition) is 3. The Morgan fingerprint density at radius 3 is 2.34 bits per heavy atom. The summed E-state index contributed by atoms with van der Waals surface area (Å²) < 4.78 is 38.2. The van der Waals surface area contributed by atoms with E-state index < -0.39 is 41.1 Å². The first-order valence-electron chi connectivity index (χ1n) is 25.5. The molecule has 1 unspecified atom stereocenters. The monoisotopic (exact) mass is 1030 g/mol. The molecule has 3 aliphatic heterocycles. The molecule has 390 valence electrons. The minimum Gasteiger partial charge on any atom is -0.391 e. The highest BCUT2D eigenvalue weighted by Gasteiger charge is 2.44. The van der Waals surface area contributed by atoms with Gasteiger partial charge in [-0.3, -0.25) is 33.7 Å². The highest BCUT2D eigenvalue weighted by atomic mass is 32.1. The lowest BCUT2D eigenvalue weighted by Crippen LogP contribution is -2.57. The summed E-state index contributed by atoms with van der Waals surface area (Å²) in [6, 6.07) is 14.2. The molecule has 3 aliphatic rings. The molecule has 3 aromatic heterocycles. The first kappa shape index (κ1) is 52.3. The number of aliphatic hydroxyl groups is 1. The van der Waals surface area contributed by atoms with Gasteiger partial charge in [-0.1, -0.05) is 57.2 Å². The lowest BCUT2D eigenvalue weighted by atomic mass is 9.85. The number of nitrogens with zero attached hydrogens (tertiary/aromatic N) is 8. The van der Waals surface area contributed by atoms with E-state index in [1.807, 2.05) is 84.2 Å². The summed E-state index contributed by atoms with van der Waals surface area (Å²) in [4.78, 5) is 74.5. The van der Waals surface area contributed by atoms with E-state index in [-0.39, 0.29) is 68.2 Å². The first-order chi connectivity index (χ1) is 35.6. The van der Waals surface area contributed by atoms with Crippen molar-refractivity contribution in [2.45, 2.75) is 110 Å². The number of fused-ring (bicyclic) bond motifs is 1. The second-order valence-corrected chi connectivity index (χ2v) is 21.6. The van der Waals surface area contributed by atoms with Gasteiger partial charge in [-0.05, 0) is 72.9 Å². The summed E-state index contributed by atoms with van der Waals surface area (Å²) in [5.41, 5.74) is 7.39. The summed E-state index contributed by atoms with van der Waals surface area (Å²) in [6.45, 7) is 11.3. The van der Waals surface area contributed by atoms with Crippen LogP contribution in [0.3, 0.4) is 0 Å². The maximum atomic E-state index is 15.5. The van der Waals surface area contributed by atoms with Crippen LogP contribution in [0.5, 0.6) is 0 Å². The van der Waals surface area contributed by atoms with Gasteiger partial charge < -0.3 is 30.3 Å². The summed E-state index contributed by atoms with van der Waals surface area (Å²) >= 11 is 1.57. The Kier molecular flexibility index (Phi) is 16.2. The number of morpholine rings is 1. The molecule has 19 heteroatoms. The van der Waals surface area contributed by atoms with Crippen LogP contribution in [-0.4, -0.2) is 132 Å². The number of rotatable bonds is 16. The highest BCUT2D eigenvalue weighted by Crippen LogP contribution is 2.33. The predicted molar refractivity (Wildman–Crippen MR) is 277 cm³/mol. The fourth-order valence-electron chi connectivity index (χ4n) is 10.1. The molecular weight excluding hydrogens is 967 g/mol. The third kappa shape index (κ3) is 12.2. The van der Waals surface area contributed by atoms with Crippen molar-refractivity contribution in [2.24, 2.45) is 5.41 Å². The molecular formula is C55H64F2N10O6S. The number of likely N-dealkylation sites (tertiary alicyclic amines) is 2. The van der Waals surface area contributed by atoms with E-state index in [4.69, 9.17) is 9.72 Å². The van der Waals surface area contributed by atoms with Crippen molar-refractivity contribution in [1.82, 2.24) is 50.1 Å². The van der Waals surface area contributed by atoms with Crippen LogP contribution in [0.15, 0.2) is 78.7 Å². The Labute approximate surface area is 433 Å². The van der Waals surface area contributed by atoms with Crippen molar-refractivity contribution < 1.29 is 37.8 Å². The standard InChI is InChI=1S/C55H64F2N10O6S/c1-34-51(74-33-60-34)36-14-12-35(13-15-36)27-59-53(71)47-26-40(68)31-66(47)54(72)52(55(2,3)4)63-48(69)10-5-6-11-49(70)65-18-16-39(17-19-65)67-30-38(28-61-67)46-29-58-45-9-7-8-41(50(45)62-46)37-24-43(56)42(44(57)25-37)32-64-20-22-73-23-21-64/h7-9,12-15,24-25,28-30,33,39-40,47,52,68H,5-6,10-11,16-23,26-27,31-32H2,1-4H3,(H,59,71)(H,63,69)/t40-,47+,52?/m1/s1. The number of nitrogens with one attached hydrogen (secondary N) is 2. The third-order valence-electron chi connectivity index (χ3n) is 14.4. The summed E-state index contributed by atoms with van der Waals surface area (Å²) in [5.74, 6) is -2.33. The van der Waals surface area contributed by atoms with Crippen molar-refractivity contribution in [1.29, 1.82) is 0 Å². The zero-order chi connectivity index (χ0) is 52.1. The van der Waals surface area contributed by atoms with Gasteiger partial charge in [0.1, 0.15) is 23.7 Å². The van der Waals surface area contributed by atoms with Crippen molar-refractivity contribution in [2.75, 3.05) is 45.9 Å². The number of aromatic nitrogens is 5. The summed E-state index contributed by atoms with van der Waals surface area (Å²) in [6.07, 6.45) is 7.26. The van der Waals surface area contributed by atoms with Crippen LogP contribution in [0, 0.1) is 24.0 Å². The number of ether oxygens (including phenoxy) is 1. The SMILES string of the molecule is Cc1ncsc1-c1ccc(CNC(=O)[C@@H]2C[C@@H](O)CN2C(=O)C(NC(=O)CCCCC(=O)N2CCC(n3cc(-c4cnc5cccc(-c6cc(F)c(CN7CCOCC7)c(F)c6)c5n4)cn3)CC2)C(C)(C)C)cc1. The number of piperidine rings is 1. The van der Waals surface area contributed by atoms with E-state index in [0.717, 1.165) is 27.3 Å². The molecule has 3 atom stereocenters. The van der Waals surface area contributed by atoms with E-state index in [1.54, 1.807) is 35.9 Å². The maximum absolute atomic E-state index is 15.5. The fraction of sp³-hybridized carbons (Fsp3) is 0.455. The Bertz CT molecular complexity index is 2960. The molecule has 3 fully saturated rings. The Balaban J connectivity index is 0.732. The summed E-state index contributed by atoms with van der Waals surface area (Å²) in [5, 5.41) is 21.1. The molecule has 0 bridgehead atoms. The van der Waals surface area contributed by atoms with E-state index in [1.165, 1.54) is 17.0 Å². The molecule has 0 radical (unpaired) electrons. The number of halogens is 2. The quantitative estimate of drug-likeness (QED) is 0.0830. The molecule has 16 nitrogen and oxygen atoms in total. The van der Waals surface area contributed by atoms with E-state index in [9.17, 15) is 24.3 Å². The zero-order valence-corrected chi connectivity index (χ0v) is 43.2. The van der Waals surface area contributed by atoms with Crippen LogP contribution >= 0.6 is 11.3 Å². The smallest absolute Gasteiger partial charge is 0.246 e. The van der Waals surface area contributed by atoms with Gasteiger partial charge >= 0.3 is 0 Å². The van der Waals surface area contributed by atoms with Gasteiger partial charge in [0.15, 0.2) is 0 Å². The van der Waals surface area contributed by atoms with Crippen LogP contribution in [-0.2, 0) is 37.0 Å². The molecule has 0 saturated carbocycles. The van der Waals surface area contributed by atoms with Crippen LogP contribution in [0.2, 0.25) is 0 Å². The van der Waals surface area contributed by atoms with Crippen molar-refractivity contribution in [3.63, 3.8) is 0 Å². The highest BCUT2D eigenvalue weighted by molar-refractivity contribution is 7.13. The molecule has 3 saturated heterocycles. The molecule has 9 rings (SSSR count). The minimum atomic E-state index is -0.945. The van der Waals surface area contributed by atoms with Gasteiger partial charge in [-0.2, -0.15) is 5.10 Å². The molecule has 6 heterocycles. The van der Waals surface area contributed by atoms with Gasteiger partial charge in [-0.25, -0.2) is 18.7 Å². The second-order valence-electron chi connectivity index (χ2n) is 20.7. The van der Waals surface area contributed by atoms with Crippen LogP contribution in [0.4, 0.5) is 8.78 Å². The van der Waals surface area contributed by atoms with Gasteiger partial charge in [0.2, 0.25) is 23.6 Å². The number of carbonyl (C=O) groups excluding carboxylic acids is 4. The number of β-amino-alcohol motifs (C(OH)–C–C–N with tert-alkyl or cyclic N) is 1. The normalized spacial score (nSPS) is 18.2. The van der Waals surface area contributed by atoms with E-state index >= 15 is 8.78 Å². The number of unbranched alkanes of at least 4 members (excludes halogenated alkanes) is 1. The number of aryl methyl sites for hydroxylation is 1. The number of thiazole rings is 1.